The molecular weight excluding hydrogens is 622 g/mol. The maximum atomic E-state index is 12.6. The fraction of sp³-hybridized carbons (Fsp3) is 0.675. The van der Waals surface area contributed by atoms with E-state index in [9.17, 15) is 4.79 Å². The summed E-state index contributed by atoms with van der Waals surface area (Å²) in [6, 6.07) is 16.6. The average Bonchev–Trinajstić information content (AvgIpc) is 3.45. The number of nitrogens with zero attached hydrogens (tertiary/aromatic N) is 1. The number of unbranched alkanes of at least 4 members (excludes halogenated alkanes) is 9. The van der Waals surface area contributed by atoms with Gasteiger partial charge in [0.15, 0.2) is 0 Å². The normalized spacial score (nSPS) is 12.3. The molecule has 49 heavy (non-hydrogen) atoms. The van der Waals surface area contributed by atoms with Crippen molar-refractivity contribution in [1.82, 2.24) is 4.90 Å². The van der Waals surface area contributed by atoms with Crippen LogP contribution < -0.4 is 0 Å². The molecule has 0 aliphatic heterocycles. The number of amides is 1. The molecule has 0 aromatic heterocycles. The van der Waals surface area contributed by atoms with Gasteiger partial charge in [-0.05, 0) is 28.7 Å². The molecular formula is C40H63NO8. The smallest absolute Gasteiger partial charge is 0.409 e. The van der Waals surface area contributed by atoms with Gasteiger partial charge in [0.2, 0.25) is 0 Å². The number of carbonyl (C=O) groups excluding carboxylic acids is 1. The molecule has 0 unspecified atom stereocenters. The summed E-state index contributed by atoms with van der Waals surface area (Å²) in [5, 5.41) is 0. The standard InChI is InChI=1S/C40H63NO8/c1-3-4-5-6-7-8-9-10-11-16-22-43-24-26-45-28-30-47-32-33-48-31-29-46-27-25-44-23-21-41(2)40(42)49-34-39-37-19-14-12-17-35(37)36-18-13-15-20-38(36)39/h12-15,17-20,39H,3-11,16,21-34H2,1-2H3. The van der Waals surface area contributed by atoms with E-state index in [0.29, 0.717) is 85.8 Å². The summed E-state index contributed by atoms with van der Waals surface area (Å²) < 4.78 is 39.2. The van der Waals surface area contributed by atoms with Crippen molar-refractivity contribution in [3.05, 3.63) is 59.7 Å². The van der Waals surface area contributed by atoms with Crippen LogP contribution in [0.1, 0.15) is 88.2 Å². The lowest BCUT2D eigenvalue weighted by atomic mass is 9.98. The summed E-state index contributed by atoms with van der Waals surface area (Å²) >= 11 is 0. The van der Waals surface area contributed by atoms with Crippen LogP contribution in [-0.2, 0) is 33.2 Å². The largest absolute Gasteiger partial charge is 0.448 e. The molecule has 0 bridgehead atoms. The molecule has 2 aromatic carbocycles. The highest BCUT2D eigenvalue weighted by Gasteiger charge is 2.29. The third-order valence-electron chi connectivity index (χ3n) is 8.72. The van der Waals surface area contributed by atoms with E-state index in [4.69, 9.17) is 33.2 Å². The van der Waals surface area contributed by atoms with E-state index in [1.54, 1.807) is 11.9 Å². The van der Waals surface area contributed by atoms with E-state index in [1.807, 2.05) is 24.3 Å². The first-order valence-electron chi connectivity index (χ1n) is 18.7. The quantitative estimate of drug-likeness (QED) is 0.0742. The molecule has 0 N–H and O–H groups in total. The van der Waals surface area contributed by atoms with E-state index in [0.717, 1.165) is 13.0 Å². The van der Waals surface area contributed by atoms with Gasteiger partial charge in [-0.3, -0.25) is 0 Å². The number of ether oxygens (including phenoxy) is 7. The van der Waals surface area contributed by atoms with Gasteiger partial charge in [-0.15, -0.1) is 0 Å². The highest BCUT2D eigenvalue weighted by molar-refractivity contribution is 5.79. The highest BCUT2D eigenvalue weighted by atomic mass is 16.6. The molecule has 1 aliphatic rings. The van der Waals surface area contributed by atoms with Crippen molar-refractivity contribution in [2.45, 2.75) is 77.0 Å². The van der Waals surface area contributed by atoms with Crippen molar-refractivity contribution in [2.75, 3.05) is 99.5 Å². The van der Waals surface area contributed by atoms with Gasteiger partial charge in [0.1, 0.15) is 6.61 Å². The number of hydrogen-bond donors (Lipinski definition) is 0. The number of carbonyl (C=O) groups is 1. The van der Waals surface area contributed by atoms with Crippen LogP contribution in [0.15, 0.2) is 48.5 Å². The first kappa shape index (κ1) is 40.9. The molecule has 276 valence electrons. The van der Waals surface area contributed by atoms with Gasteiger partial charge >= 0.3 is 6.09 Å². The second-order valence-electron chi connectivity index (χ2n) is 12.6. The predicted molar refractivity (Wildman–Crippen MR) is 194 cm³/mol. The van der Waals surface area contributed by atoms with Crippen LogP contribution in [0.25, 0.3) is 11.1 Å². The van der Waals surface area contributed by atoms with Crippen molar-refractivity contribution in [3.8, 4) is 11.1 Å². The number of likely N-dealkylation sites (N-methyl/N-ethyl adjacent to an activating group) is 1. The molecule has 0 radical (unpaired) electrons. The molecule has 9 heteroatoms. The van der Waals surface area contributed by atoms with Gasteiger partial charge in [-0.25, -0.2) is 4.79 Å². The first-order chi connectivity index (χ1) is 24.2. The van der Waals surface area contributed by atoms with Crippen LogP contribution in [-0.4, -0.2) is 110 Å². The van der Waals surface area contributed by atoms with E-state index < -0.39 is 0 Å². The lowest BCUT2D eigenvalue weighted by Crippen LogP contribution is -2.32. The van der Waals surface area contributed by atoms with E-state index >= 15 is 0 Å². The molecule has 0 saturated carbocycles. The lowest BCUT2D eigenvalue weighted by Gasteiger charge is -2.19. The molecule has 0 saturated heterocycles. The Morgan fingerprint density at radius 3 is 1.39 bits per heavy atom. The predicted octanol–water partition coefficient (Wildman–Crippen LogP) is 7.89. The van der Waals surface area contributed by atoms with Crippen LogP contribution in [0.3, 0.4) is 0 Å². The molecule has 0 heterocycles. The van der Waals surface area contributed by atoms with Crippen LogP contribution in [0, 0.1) is 0 Å². The Balaban J connectivity index is 1.01. The summed E-state index contributed by atoms with van der Waals surface area (Å²) in [6.45, 7) is 9.57. The second-order valence-corrected chi connectivity index (χ2v) is 12.6. The molecule has 9 nitrogen and oxygen atoms in total. The minimum Gasteiger partial charge on any atom is -0.448 e. The van der Waals surface area contributed by atoms with Crippen molar-refractivity contribution in [1.29, 1.82) is 0 Å². The van der Waals surface area contributed by atoms with Crippen molar-refractivity contribution in [3.63, 3.8) is 0 Å². The second kappa shape index (κ2) is 27.2. The van der Waals surface area contributed by atoms with E-state index in [1.165, 1.54) is 80.0 Å². The fourth-order valence-corrected chi connectivity index (χ4v) is 5.89. The van der Waals surface area contributed by atoms with Crippen LogP contribution in [0.2, 0.25) is 0 Å². The zero-order valence-electron chi connectivity index (χ0n) is 30.4. The number of rotatable bonds is 31. The third-order valence-corrected chi connectivity index (χ3v) is 8.72. The SMILES string of the molecule is CCCCCCCCCCCCOCCOCCOCCOCCOCCOCCN(C)C(=O)OCC1c2ccccc2-c2ccccc21. The lowest BCUT2D eigenvalue weighted by molar-refractivity contribution is -0.0174. The number of fused-ring (bicyclic) bond motifs is 3. The van der Waals surface area contributed by atoms with Gasteiger partial charge < -0.3 is 38.1 Å². The Kier molecular flexibility index (Phi) is 22.7. The molecule has 1 aliphatic carbocycles. The van der Waals surface area contributed by atoms with E-state index in [2.05, 4.69) is 31.2 Å². The molecule has 3 rings (SSSR count). The molecule has 1 amide bonds. The Bertz CT molecular complexity index is 1070. The van der Waals surface area contributed by atoms with Crippen molar-refractivity contribution in [2.24, 2.45) is 0 Å². The summed E-state index contributed by atoms with van der Waals surface area (Å²) in [5.74, 6) is 0.0497. The van der Waals surface area contributed by atoms with E-state index in [-0.39, 0.29) is 12.0 Å². The minimum atomic E-state index is -0.352. The molecule has 0 fully saturated rings. The maximum absolute atomic E-state index is 12.6. The summed E-state index contributed by atoms with van der Waals surface area (Å²) in [4.78, 5) is 14.1. The molecule has 0 atom stereocenters. The summed E-state index contributed by atoms with van der Waals surface area (Å²) in [6.07, 6.45) is 13.0. The fourth-order valence-electron chi connectivity index (χ4n) is 5.89. The Labute approximate surface area is 295 Å². The van der Waals surface area contributed by atoms with Gasteiger partial charge in [-0.1, -0.05) is 113 Å². The molecule has 2 aromatic rings. The molecule has 0 spiro atoms. The summed E-state index contributed by atoms with van der Waals surface area (Å²) in [5.41, 5.74) is 4.83. The monoisotopic (exact) mass is 685 g/mol. The van der Waals surface area contributed by atoms with Crippen molar-refractivity contribution >= 4 is 6.09 Å². The van der Waals surface area contributed by atoms with Gasteiger partial charge in [0, 0.05) is 26.1 Å². The van der Waals surface area contributed by atoms with Crippen LogP contribution in [0.5, 0.6) is 0 Å². The van der Waals surface area contributed by atoms with Crippen LogP contribution in [0.4, 0.5) is 4.79 Å². The van der Waals surface area contributed by atoms with Gasteiger partial charge in [0.25, 0.3) is 0 Å². The number of hydrogen-bond acceptors (Lipinski definition) is 8. The third kappa shape index (κ3) is 17.3. The average molecular weight is 686 g/mol. The number of benzene rings is 2. The van der Waals surface area contributed by atoms with Crippen molar-refractivity contribution < 1.29 is 38.0 Å². The maximum Gasteiger partial charge on any atom is 0.409 e. The first-order valence-corrected chi connectivity index (χ1v) is 18.7. The Morgan fingerprint density at radius 1 is 0.531 bits per heavy atom. The summed E-state index contributed by atoms with van der Waals surface area (Å²) in [7, 11) is 1.73. The Morgan fingerprint density at radius 2 is 0.918 bits per heavy atom. The highest BCUT2D eigenvalue weighted by Crippen LogP contribution is 2.44. The van der Waals surface area contributed by atoms with Crippen LogP contribution >= 0.6 is 0 Å². The zero-order chi connectivity index (χ0) is 34.6. The van der Waals surface area contributed by atoms with Gasteiger partial charge in [-0.2, -0.15) is 0 Å². The van der Waals surface area contributed by atoms with Gasteiger partial charge in [0.05, 0.1) is 72.7 Å². The topological polar surface area (TPSA) is 84.9 Å². The minimum absolute atomic E-state index is 0.0497. The Hall–Kier alpha value is -2.53. The zero-order valence-corrected chi connectivity index (χ0v) is 30.4.